The largest absolute Gasteiger partial charge is 0.320 e. The quantitative estimate of drug-likeness (QED) is 0.819. The van der Waals surface area contributed by atoms with Crippen molar-refractivity contribution in [2.75, 3.05) is 11.1 Å². The van der Waals surface area contributed by atoms with E-state index in [1.165, 1.54) is 0 Å². The van der Waals surface area contributed by atoms with E-state index in [9.17, 15) is 4.79 Å². The van der Waals surface area contributed by atoms with Gasteiger partial charge in [0.15, 0.2) is 0 Å². The molecule has 88 valence electrons. The van der Waals surface area contributed by atoms with Crippen molar-refractivity contribution in [2.45, 2.75) is 25.6 Å². The van der Waals surface area contributed by atoms with Gasteiger partial charge in [0.1, 0.15) is 5.82 Å². The summed E-state index contributed by atoms with van der Waals surface area (Å²) in [5.41, 5.74) is 6.61. The van der Waals surface area contributed by atoms with Crippen molar-refractivity contribution in [1.29, 1.82) is 0 Å². The molecule has 0 aliphatic heterocycles. The molecule has 1 atom stereocenters. The highest BCUT2D eigenvalue weighted by atomic mass is 32.2. The Kier molecular flexibility index (Phi) is 5.28. The third-order valence-electron chi connectivity index (χ3n) is 1.96. The second-order valence-corrected chi connectivity index (χ2v) is 4.74. The highest BCUT2D eigenvalue weighted by Gasteiger charge is 2.08. The fraction of sp³-hybridized carbons (Fsp3) is 0.455. The number of carbonyl (C=O) groups is 1. The average molecular weight is 239 g/mol. The molecule has 3 N–H and O–H groups in total. The van der Waals surface area contributed by atoms with E-state index in [1.54, 1.807) is 13.1 Å². The first kappa shape index (κ1) is 13.0. The smallest absolute Gasteiger partial charge is 0.242 e. The summed E-state index contributed by atoms with van der Waals surface area (Å²) in [5.74, 6) is 2.36. The number of hydrogen-bond acceptors (Lipinski definition) is 4. The van der Waals surface area contributed by atoms with Gasteiger partial charge in [0.2, 0.25) is 5.91 Å². The number of pyridine rings is 1. The summed E-state index contributed by atoms with van der Waals surface area (Å²) in [6, 6.07) is 3.31. The van der Waals surface area contributed by atoms with Gasteiger partial charge in [-0.15, -0.1) is 0 Å². The van der Waals surface area contributed by atoms with Gasteiger partial charge in [-0.05, 0) is 30.4 Å². The van der Waals surface area contributed by atoms with Gasteiger partial charge in [-0.3, -0.25) is 4.79 Å². The van der Waals surface area contributed by atoms with Gasteiger partial charge in [0, 0.05) is 11.9 Å². The van der Waals surface area contributed by atoms with E-state index >= 15 is 0 Å². The number of amides is 1. The van der Waals surface area contributed by atoms with Crippen molar-refractivity contribution in [1.82, 2.24) is 4.98 Å². The molecule has 0 bridgehead atoms. The first-order chi connectivity index (χ1) is 7.63. The predicted octanol–water partition coefficient (Wildman–Crippen LogP) is 1.62. The lowest BCUT2D eigenvalue weighted by molar-refractivity contribution is -0.117. The molecule has 1 heterocycles. The first-order valence-corrected chi connectivity index (χ1v) is 6.38. The van der Waals surface area contributed by atoms with Gasteiger partial charge in [0.25, 0.3) is 0 Å². The molecule has 0 aliphatic rings. The maximum absolute atomic E-state index is 11.4. The van der Waals surface area contributed by atoms with Crippen LogP contribution in [0.15, 0.2) is 18.3 Å². The van der Waals surface area contributed by atoms with E-state index in [0.29, 0.717) is 5.82 Å². The summed E-state index contributed by atoms with van der Waals surface area (Å²) >= 11 is 1.83. The van der Waals surface area contributed by atoms with Crippen LogP contribution in [0.2, 0.25) is 0 Å². The van der Waals surface area contributed by atoms with Crippen molar-refractivity contribution in [3.05, 3.63) is 23.9 Å². The van der Waals surface area contributed by atoms with Crippen molar-refractivity contribution in [3.63, 3.8) is 0 Å². The van der Waals surface area contributed by atoms with Crippen LogP contribution in [-0.2, 0) is 10.5 Å². The summed E-state index contributed by atoms with van der Waals surface area (Å²) < 4.78 is 0. The predicted molar refractivity (Wildman–Crippen MR) is 68.4 cm³/mol. The Bertz CT molecular complexity index is 355. The summed E-state index contributed by atoms with van der Waals surface area (Å²) in [6.07, 6.45) is 1.70. The molecular formula is C11H17N3OS. The van der Waals surface area contributed by atoms with Crippen molar-refractivity contribution >= 4 is 23.5 Å². The highest BCUT2D eigenvalue weighted by Crippen LogP contribution is 2.14. The number of rotatable bonds is 5. The normalized spacial score (nSPS) is 12.2. The number of carbonyl (C=O) groups excluding carboxylic acids is 1. The summed E-state index contributed by atoms with van der Waals surface area (Å²) in [5, 5.41) is 2.67. The molecule has 1 unspecified atom stereocenters. The van der Waals surface area contributed by atoms with Crippen LogP contribution >= 0.6 is 11.8 Å². The van der Waals surface area contributed by atoms with Crippen LogP contribution in [0.3, 0.4) is 0 Å². The zero-order valence-corrected chi connectivity index (χ0v) is 10.4. The summed E-state index contributed by atoms with van der Waals surface area (Å²) in [6.45, 7) is 3.76. The first-order valence-electron chi connectivity index (χ1n) is 5.22. The summed E-state index contributed by atoms with van der Waals surface area (Å²) in [4.78, 5) is 15.4. The topological polar surface area (TPSA) is 68.0 Å². The van der Waals surface area contributed by atoms with Gasteiger partial charge in [-0.25, -0.2) is 4.98 Å². The Labute approximate surface area is 100 Å². The Hall–Kier alpha value is -1.07. The van der Waals surface area contributed by atoms with E-state index < -0.39 is 6.04 Å². The number of nitrogens with two attached hydrogens (primary N) is 1. The molecule has 4 nitrogen and oxygen atoms in total. The molecule has 5 heteroatoms. The highest BCUT2D eigenvalue weighted by molar-refractivity contribution is 7.98. The molecule has 0 radical (unpaired) electrons. The molecule has 16 heavy (non-hydrogen) atoms. The molecule has 1 aromatic heterocycles. The summed E-state index contributed by atoms with van der Waals surface area (Å²) in [7, 11) is 0. The molecule has 1 rings (SSSR count). The number of hydrogen-bond donors (Lipinski definition) is 2. The van der Waals surface area contributed by atoms with Crippen LogP contribution in [0.5, 0.6) is 0 Å². The molecule has 0 fully saturated rings. The Morgan fingerprint density at radius 2 is 2.44 bits per heavy atom. The molecule has 0 aromatic carbocycles. The Morgan fingerprint density at radius 3 is 3.06 bits per heavy atom. The fourth-order valence-corrected chi connectivity index (χ4v) is 1.71. The van der Waals surface area contributed by atoms with Crippen LogP contribution in [0, 0.1) is 0 Å². The van der Waals surface area contributed by atoms with E-state index in [1.807, 2.05) is 23.9 Å². The molecule has 0 saturated heterocycles. The van der Waals surface area contributed by atoms with Crippen molar-refractivity contribution in [2.24, 2.45) is 5.73 Å². The minimum absolute atomic E-state index is 0.215. The number of thioether (sulfide) groups is 1. The lowest BCUT2D eigenvalue weighted by atomic mass is 10.3. The number of nitrogens with zero attached hydrogens (tertiary/aromatic N) is 1. The maximum Gasteiger partial charge on any atom is 0.242 e. The number of nitrogens with one attached hydrogen (secondary N) is 1. The zero-order chi connectivity index (χ0) is 12.0. The third kappa shape index (κ3) is 4.20. The van der Waals surface area contributed by atoms with Crippen LogP contribution in [0.1, 0.15) is 19.4 Å². The second kappa shape index (κ2) is 6.50. The minimum atomic E-state index is -0.518. The van der Waals surface area contributed by atoms with Crippen molar-refractivity contribution < 1.29 is 4.79 Å². The molecule has 1 aromatic rings. The van der Waals surface area contributed by atoms with Gasteiger partial charge in [-0.1, -0.05) is 6.92 Å². The number of aromatic nitrogens is 1. The van der Waals surface area contributed by atoms with Crippen LogP contribution in [0.25, 0.3) is 0 Å². The number of anilines is 1. The fourth-order valence-electron chi connectivity index (χ4n) is 1.09. The molecule has 1 amide bonds. The molecule has 0 aliphatic carbocycles. The van der Waals surface area contributed by atoms with Gasteiger partial charge < -0.3 is 11.1 Å². The van der Waals surface area contributed by atoms with Crippen LogP contribution in [0.4, 0.5) is 5.82 Å². The Morgan fingerprint density at radius 1 is 1.69 bits per heavy atom. The van der Waals surface area contributed by atoms with Gasteiger partial charge in [0.05, 0.1) is 6.04 Å². The van der Waals surface area contributed by atoms with Gasteiger partial charge in [-0.2, -0.15) is 11.8 Å². The average Bonchev–Trinajstić information content (AvgIpc) is 2.26. The zero-order valence-electron chi connectivity index (χ0n) is 9.56. The van der Waals surface area contributed by atoms with Crippen molar-refractivity contribution in [3.8, 4) is 0 Å². The second-order valence-electron chi connectivity index (χ2n) is 3.46. The van der Waals surface area contributed by atoms with Crippen LogP contribution in [-0.4, -0.2) is 22.7 Å². The van der Waals surface area contributed by atoms with E-state index in [4.69, 9.17) is 5.73 Å². The van der Waals surface area contributed by atoms with E-state index in [0.717, 1.165) is 17.1 Å². The van der Waals surface area contributed by atoms with E-state index in [2.05, 4.69) is 17.2 Å². The van der Waals surface area contributed by atoms with E-state index in [-0.39, 0.29) is 5.91 Å². The maximum atomic E-state index is 11.4. The monoisotopic (exact) mass is 239 g/mol. The lowest BCUT2D eigenvalue weighted by Crippen LogP contribution is -2.32. The minimum Gasteiger partial charge on any atom is -0.320 e. The van der Waals surface area contributed by atoms with Gasteiger partial charge >= 0.3 is 0 Å². The molecular weight excluding hydrogens is 222 g/mol. The SMILES string of the molecule is CCSCc1ccnc(NC(=O)C(C)N)c1. The molecule has 0 spiro atoms. The third-order valence-corrected chi connectivity index (χ3v) is 2.91. The van der Waals surface area contributed by atoms with Crippen LogP contribution < -0.4 is 11.1 Å². The lowest BCUT2D eigenvalue weighted by Gasteiger charge is -2.08. The molecule has 0 saturated carbocycles. The standard InChI is InChI=1S/C11H17N3OS/c1-3-16-7-9-4-5-13-10(6-9)14-11(15)8(2)12/h4-6,8H,3,7,12H2,1-2H3,(H,13,14,15). The Balaban J connectivity index is 2.63.